The molecule has 0 bridgehead atoms. The van der Waals surface area contributed by atoms with E-state index in [-0.39, 0.29) is 37.5 Å². The van der Waals surface area contributed by atoms with E-state index < -0.39 is 16.9 Å². The molecule has 0 aromatic heterocycles. The number of nitro groups is 1. The van der Waals surface area contributed by atoms with E-state index in [1.54, 1.807) is 0 Å². The van der Waals surface area contributed by atoms with Crippen molar-refractivity contribution < 1.29 is 19.2 Å². The minimum absolute atomic E-state index is 0.0143. The molecule has 2 atom stereocenters. The number of amides is 2. The molecule has 1 aliphatic heterocycles. The fourth-order valence-electron chi connectivity index (χ4n) is 3.25. The van der Waals surface area contributed by atoms with E-state index in [4.69, 9.17) is 4.74 Å². The first-order chi connectivity index (χ1) is 11.9. The molecule has 1 heterocycles. The second kappa shape index (κ2) is 8.60. The van der Waals surface area contributed by atoms with Crippen LogP contribution >= 0.6 is 0 Å². The number of cyclic esters (lactones) is 1. The van der Waals surface area contributed by atoms with Gasteiger partial charge >= 0.3 is 6.09 Å². The van der Waals surface area contributed by atoms with E-state index in [0.29, 0.717) is 12.8 Å². The van der Waals surface area contributed by atoms with E-state index in [1.165, 1.54) is 0 Å². The fourth-order valence-corrected chi connectivity index (χ4v) is 3.25. The lowest BCUT2D eigenvalue weighted by Crippen LogP contribution is -2.41. The number of hydrogen-bond acceptors (Lipinski definition) is 5. The van der Waals surface area contributed by atoms with Gasteiger partial charge in [0.15, 0.2) is 0 Å². The lowest BCUT2D eigenvalue weighted by Gasteiger charge is -2.22. The summed E-state index contributed by atoms with van der Waals surface area (Å²) >= 11 is 0. The second-order valence-electron chi connectivity index (χ2n) is 6.90. The van der Waals surface area contributed by atoms with Crippen LogP contribution in [0.2, 0.25) is 0 Å². The third-order valence-electron chi connectivity index (χ3n) is 4.22. The molecular weight excluding hydrogens is 324 g/mol. The van der Waals surface area contributed by atoms with Gasteiger partial charge in [0.2, 0.25) is 12.5 Å². The van der Waals surface area contributed by atoms with Crippen molar-refractivity contribution in [1.82, 2.24) is 4.90 Å². The van der Waals surface area contributed by atoms with Crippen LogP contribution in [-0.4, -0.2) is 41.0 Å². The molecule has 7 nitrogen and oxygen atoms in total. The maximum absolute atomic E-state index is 12.6. The van der Waals surface area contributed by atoms with Crippen LogP contribution in [0.25, 0.3) is 0 Å². The summed E-state index contributed by atoms with van der Waals surface area (Å²) in [4.78, 5) is 36.2. The summed E-state index contributed by atoms with van der Waals surface area (Å²) in [5, 5.41) is 10.9. The van der Waals surface area contributed by atoms with Gasteiger partial charge in [-0.25, -0.2) is 9.69 Å². The highest BCUT2D eigenvalue weighted by atomic mass is 16.6. The molecule has 1 fully saturated rings. The first-order valence-corrected chi connectivity index (χ1v) is 8.51. The summed E-state index contributed by atoms with van der Waals surface area (Å²) in [7, 11) is 0. The maximum Gasteiger partial charge on any atom is 0.416 e. The lowest BCUT2D eigenvalue weighted by molar-refractivity contribution is -0.488. The van der Waals surface area contributed by atoms with Gasteiger partial charge in [-0.3, -0.25) is 14.9 Å². The van der Waals surface area contributed by atoms with E-state index in [0.717, 1.165) is 10.5 Å². The normalized spacial score (nSPS) is 18.3. The molecule has 1 aromatic carbocycles. The van der Waals surface area contributed by atoms with Gasteiger partial charge in [-0.1, -0.05) is 44.2 Å². The molecular formula is C18H24N2O5. The Hall–Kier alpha value is -2.44. The van der Waals surface area contributed by atoms with Crippen molar-refractivity contribution in [3.05, 3.63) is 46.0 Å². The minimum atomic E-state index is -0.657. The van der Waals surface area contributed by atoms with Gasteiger partial charge in [-0.2, -0.15) is 0 Å². The molecule has 1 aliphatic rings. The molecule has 0 radical (unpaired) electrons. The highest BCUT2D eigenvalue weighted by Crippen LogP contribution is 2.22. The van der Waals surface area contributed by atoms with Crippen LogP contribution in [0, 0.1) is 22.0 Å². The van der Waals surface area contributed by atoms with Gasteiger partial charge in [0, 0.05) is 17.3 Å². The van der Waals surface area contributed by atoms with Crippen molar-refractivity contribution >= 4 is 12.0 Å². The molecule has 0 saturated carbocycles. The summed E-state index contributed by atoms with van der Waals surface area (Å²) in [6.07, 6.45) is 0.413. The molecule has 1 aromatic rings. The smallest absolute Gasteiger partial charge is 0.416 e. The zero-order valence-corrected chi connectivity index (χ0v) is 14.6. The molecule has 0 N–H and O–H groups in total. The Balaban J connectivity index is 2.05. The van der Waals surface area contributed by atoms with Crippen molar-refractivity contribution in [2.24, 2.45) is 11.8 Å². The van der Waals surface area contributed by atoms with Gasteiger partial charge in [0.25, 0.3) is 0 Å². The number of carbonyl (C=O) groups excluding carboxylic acids is 2. The second-order valence-corrected chi connectivity index (χ2v) is 6.90. The van der Waals surface area contributed by atoms with E-state index in [2.05, 4.69) is 0 Å². The average molecular weight is 348 g/mol. The Morgan fingerprint density at radius 2 is 2.04 bits per heavy atom. The van der Waals surface area contributed by atoms with Gasteiger partial charge in [0.1, 0.15) is 6.61 Å². The summed E-state index contributed by atoms with van der Waals surface area (Å²) < 4.78 is 5.05. The predicted octanol–water partition coefficient (Wildman–Crippen LogP) is 2.91. The standard InChI is InChI=1S/C18H24N2O5/c1-13(2)8-15(11-19(23)24)10-17(21)20-16(12-25-18(20)22)9-14-6-4-3-5-7-14/h3-7,13,15-16H,8-12H2,1-2H3/t15-,16+/m0/s1. The number of nitrogens with zero attached hydrogens (tertiary/aromatic N) is 2. The van der Waals surface area contributed by atoms with E-state index in [1.807, 2.05) is 44.2 Å². The molecule has 1 saturated heterocycles. The van der Waals surface area contributed by atoms with Crippen LogP contribution in [0.15, 0.2) is 30.3 Å². The topological polar surface area (TPSA) is 89.8 Å². The first-order valence-electron chi connectivity index (χ1n) is 8.51. The van der Waals surface area contributed by atoms with Crippen molar-refractivity contribution in [1.29, 1.82) is 0 Å². The van der Waals surface area contributed by atoms with Crippen molar-refractivity contribution in [3.63, 3.8) is 0 Å². The molecule has 7 heteroatoms. The van der Waals surface area contributed by atoms with E-state index in [9.17, 15) is 19.7 Å². The molecule has 2 amide bonds. The third-order valence-corrected chi connectivity index (χ3v) is 4.22. The molecule has 0 unspecified atom stereocenters. The number of hydrogen-bond donors (Lipinski definition) is 0. The van der Waals surface area contributed by atoms with Crippen LogP contribution in [0.4, 0.5) is 4.79 Å². The zero-order chi connectivity index (χ0) is 18.4. The Bertz CT molecular complexity index is 617. The fraction of sp³-hybridized carbons (Fsp3) is 0.556. The zero-order valence-electron chi connectivity index (χ0n) is 14.6. The van der Waals surface area contributed by atoms with Crippen LogP contribution in [0.5, 0.6) is 0 Å². The minimum Gasteiger partial charge on any atom is -0.447 e. The SMILES string of the molecule is CC(C)C[C@@H](CC(=O)N1C(=O)OC[C@H]1Cc1ccccc1)C[N+](=O)[O-]. The Morgan fingerprint density at radius 3 is 2.64 bits per heavy atom. The first kappa shape index (κ1) is 18.9. The van der Waals surface area contributed by atoms with Gasteiger partial charge in [0.05, 0.1) is 6.04 Å². The largest absolute Gasteiger partial charge is 0.447 e. The van der Waals surface area contributed by atoms with Crippen molar-refractivity contribution in [2.75, 3.05) is 13.2 Å². The summed E-state index contributed by atoms with van der Waals surface area (Å²) in [5.74, 6) is -0.535. The number of ether oxygens (including phenoxy) is 1. The molecule has 136 valence electrons. The highest BCUT2D eigenvalue weighted by Gasteiger charge is 2.39. The molecule has 25 heavy (non-hydrogen) atoms. The lowest BCUT2D eigenvalue weighted by atomic mass is 9.93. The maximum atomic E-state index is 12.6. The average Bonchev–Trinajstić information content (AvgIpc) is 2.87. The van der Waals surface area contributed by atoms with Gasteiger partial charge < -0.3 is 4.74 Å². The highest BCUT2D eigenvalue weighted by molar-refractivity contribution is 5.93. The number of benzene rings is 1. The monoisotopic (exact) mass is 348 g/mol. The van der Waals surface area contributed by atoms with Crippen molar-refractivity contribution in [3.8, 4) is 0 Å². The van der Waals surface area contributed by atoms with Gasteiger partial charge in [-0.05, 0) is 24.3 Å². The van der Waals surface area contributed by atoms with Gasteiger partial charge in [-0.15, -0.1) is 0 Å². The molecule has 0 aliphatic carbocycles. The summed E-state index contributed by atoms with van der Waals surface area (Å²) in [6.45, 7) is 3.80. The van der Waals surface area contributed by atoms with Crippen LogP contribution in [-0.2, 0) is 16.0 Å². The predicted molar refractivity (Wildman–Crippen MR) is 91.6 cm³/mol. The molecule has 0 spiro atoms. The Labute approximate surface area is 147 Å². The van der Waals surface area contributed by atoms with Crippen molar-refractivity contribution in [2.45, 2.75) is 39.2 Å². The Morgan fingerprint density at radius 1 is 1.36 bits per heavy atom. The number of carbonyl (C=O) groups is 2. The van der Waals surface area contributed by atoms with Crippen LogP contribution in [0.1, 0.15) is 32.3 Å². The van der Waals surface area contributed by atoms with Crippen LogP contribution in [0.3, 0.4) is 0 Å². The number of rotatable bonds is 8. The quantitative estimate of drug-likeness (QED) is 0.532. The van der Waals surface area contributed by atoms with E-state index >= 15 is 0 Å². The summed E-state index contributed by atoms with van der Waals surface area (Å²) in [6, 6.07) is 9.19. The molecule has 2 rings (SSSR count). The Kier molecular flexibility index (Phi) is 6.50. The number of imide groups is 1. The van der Waals surface area contributed by atoms with Crippen LogP contribution < -0.4 is 0 Å². The summed E-state index contributed by atoms with van der Waals surface area (Å²) in [5.41, 5.74) is 1.01. The third kappa shape index (κ3) is 5.55.